The number of hydrogen-bond acceptors (Lipinski definition) is 2. The first-order valence-corrected chi connectivity index (χ1v) is 13.7. The molecule has 188 valence electrons. The van der Waals surface area contributed by atoms with Crippen LogP contribution in [0, 0.1) is 0 Å². The molecule has 0 aliphatic rings. The Bertz CT molecular complexity index is 1200. The predicted molar refractivity (Wildman–Crippen MR) is 154 cm³/mol. The van der Waals surface area contributed by atoms with Crippen LogP contribution in [0.2, 0.25) is 0 Å². The van der Waals surface area contributed by atoms with E-state index >= 15 is 0 Å². The van der Waals surface area contributed by atoms with Gasteiger partial charge in [0, 0.05) is 24.5 Å². The van der Waals surface area contributed by atoms with Crippen molar-refractivity contribution in [3.63, 3.8) is 0 Å². The number of anilines is 1. The molecule has 0 spiro atoms. The zero-order valence-electron chi connectivity index (χ0n) is 22.4. The molecule has 3 nitrogen and oxygen atoms in total. The van der Waals surface area contributed by atoms with Crippen LogP contribution in [0.5, 0.6) is 0 Å². The number of imidazole rings is 1. The Labute approximate surface area is 217 Å². The van der Waals surface area contributed by atoms with E-state index in [9.17, 15) is 0 Å². The van der Waals surface area contributed by atoms with E-state index in [0.717, 1.165) is 42.0 Å². The number of aryl methyl sites for hydroxylation is 4. The van der Waals surface area contributed by atoms with Gasteiger partial charge in [0.25, 0.3) is 0 Å². The van der Waals surface area contributed by atoms with E-state index in [0.29, 0.717) is 0 Å². The van der Waals surface area contributed by atoms with Crippen molar-refractivity contribution in [2.24, 2.45) is 7.05 Å². The Balaban J connectivity index is 1.65. The molecule has 0 bridgehead atoms. The highest BCUT2D eigenvalue weighted by molar-refractivity contribution is 5.60. The molecule has 0 amide bonds. The minimum Gasteiger partial charge on any atom is -0.372 e. The van der Waals surface area contributed by atoms with Gasteiger partial charge in [-0.1, -0.05) is 94.3 Å². The molecule has 0 aliphatic carbocycles. The van der Waals surface area contributed by atoms with Crippen LogP contribution in [0.4, 0.5) is 5.69 Å². The molecule has 0 saturated carbocycles. The first kappa shape index (κ1) is 25.8. The minimum atomic E-state index is -0.0413. The summed E-state index contributed by atoms with van der Waals surface area (Å²) in [4.78, 5) is 5.14. The normalized spacial score (nSPS) is 12.0. The van der Waals surface area contributed by atoms with Crippen LogP contribution in [0.15, 0.2) is 79.0 Å². The molecule has 1 N–H and O–H groups in total. The highest BCUT2D eigenvalue weighted by Gasteiger charge is 2.21. The monoisotopic (exact) mass is 479 g/mol. The number of rotatable bonds is 12. The highest BCUT2D eigenvalue weighted by Crippen LogP contribution is 2.29. The number of unbranched alkanes of at least 4 members (excludes halogenated alkanes) is 2. The number of nitrogens with one attached hydrogen (secondary N) is 1. The summed E-state index contributed by atoms with van der Waals surface area (Å²) in [5.41, 5.74) is 8.66. The third-order valence-electron chi connectivity index (χ3n) is 7.04. The number of benzene rings is 3. The van der Waals surface area contributed by atoms with Gasteiger partial charge in [-0.3, -0.25) is 0 Å². The van der Waals surface area contributed by atoms with Crippen LogP contribution >= 0.6 is 0 Å². The van der Waals surface area contributed by atoms with E-state index in [2.05, 4.69) is 117 Å². The van der Waals surface area contributed by atoms with Crippen molar-refractivity contribution in [3.8, 4) is 11.3 Å². The van der Waals surface area contributed by atoms with Gasteiger partial charge in [-0.05, 0) is 66.5 Å². The molecule has 0 radical (unpaired) electrons. The van der Waals surface area contributed by atoms with E-state index in [1.54, 1.807) is 0 Å². The Kier molecular flexibility index (Phi) is 9.00. The minimum absolute atomic E-state index is 0.0413. The van der Waals surface area contributed by atoms with Crippen molar-refractivity contribution in [2.45, 2.75) is 71.8 Å². The standard InChI is InChI=1S/C33H41N3/c1-5-8-10-26-14-20-29(21-15-26)32(34-30-22-16-27(17-23-30)11-9-6-2)33-35-31(24-36(33)4)28-18-12-25(7-3)13-19-28/h12-24,32,34H,5-11H2,1-4H3. The fourth-order valence-electron chi connectivity index (χ4n) is 4.67. The number of aromatic nitrogens is 2. The molecule has 1 aromatic heterocycles. The second-order valence-electron chi connectivity index (χ2n) is 9.87. The van der Waals surface area contributed by atoms with Crippen molar-refractivity contribution in [3.05, 3.63) is 107 Å². The topological polar surface area (TPSA) is 29.9 Å². The lowest BCUT2D eigenvalue weighted by molar-refractivity contribution is 0.747. The van der Waals surface area contributed by atoms with Crippen LogP contribution in [0.1, 0.15) is 80.6 Å². The molecule has 1 unspecified atom stereocenters. The van der Waals surface area contributed by atoms with E-state index in [1.807, 2.05) is 0 Å². The quantitative estimate of drug-likeness (QED) is 0.221. The fraction of sp³-hybridized carbons (Fsp3) is 0.364. The molecular formula is C33H41N3. The Morgan fingerprint density at radius 3 is 1.83 bits per heavy atom. The summed E-state index contributed by atoms with van der Waals surface area (Å²) in [5.74, 6) is 1.01. The predicted octanol–water partition coefficient (Wildman–Crippen LogP) is 8.54. The summed E-state index contributed by atoms with van der Waals surface area (Å²) < 4.78 is 2.17. The smallest absolute Gasteiger partial charge is 0.136 e. The maximum absolute atomic E-state index is 5.14. The third-order valence-corrected chi connectivity index (χ3v) is 7.04. The van der Waals surface area contributed by atoms with Crippen LogP contribution in [-0.2, 0) is 26.3 Å². The molecule has 4 aromatic rings. The van der Waals surface area contributed by atoms with E-state index in [-0.39, 0.29) is 6.04 Å². The second-order valence-corrected chi connectivity index (χ2v) is 9.87. The number of hydrogen-bond donors (Lipinski definition) is 1. The molecular weight excluding hydrogens is 438 g/mol. The summed E-state index contributed by atoms with van der Waals surface area (Å²) in [6, 6.07) is 26.7. The maximum atomic E-state index is 5.14. The SMILES string of the molecule is CCCCc1ccc(NC(c2ccc(CCCC)cc2)c2nc(-c3ccc(CC)cc3)cn2C)cc1. The van der Waals surface area contributed by atoms with Gasteiger partial charge in [0.1, 0.15) is 11.9 Å². The Morgan fingerprint density at radius 2 is 1.28 bits per heavy atom. The molecule has 0 aliphatic heterocycles. The first-order valence-electron chi connectivity index (χ1n) is 13.7. The van der Waals surface area contributed by atoms with Gasteiger partial charge in [-0.2, -0.15) is 0 Å². The zero-order chi connectivity index (χ0) is 25.3. The van der Waals surface area contributed by atoms with E-state index in [4.69, 9.17) is 4.98 Å². The van der Waals surface area contributed by atoms with Gasteiger partial charge >= 0.3 is 0 Å². The summed E-state index contributed by atoms with van der Waals surface area (Å²) >= 11 is 0. The fourth-order valence-corrected chi connectivity index (χ4v) is 4.67. The first-order chi connectivity index (χ1) is 17.6. The van der Waals surface area contributed by atoms with Gasteiger partial charge in [0.15, 0.2) is 0 Å². The average Bonchev–Trinajstić information content (AvgIpc) is 3.31. The lowest BCUT2D eigenvalue weighted by Gasteiger charge is -2.21. The molecule has 0 fully saturated rings. The summed E-state index contributed by atoms with van der Waals surface area (Å²) in [7, 11) is 2.10. The van der Waals surface area contributed by atoms with Gasteiger partial charge in [0.2, 0.25) is 0 Å². The molecule has 0 saturated heterocycles. The zero-order valence-corrected chi connectivity index (χ0v) is 22.4. The van der Waals surface area contributed by atoms with Crippen LogP contribution in [0.25, 0.3) is 11.3 Å². The third kappa shape index (κ3) is 6.46. The van der Waals surface area contributed by atoms with Gasteiger partial charge in [-0.25, -0.2) is 4.98 Å². The Hall–Kier alpha value is -3.33. The lowest BCUT2D eigenvalue weighted by Crippen LogP contribution is -2.17. The van der Waals surface area contributed by atoms with E-state index in [1.165, 1.54) is 47.9 Å². The molecule has 1 atom stereocenters. The van der Waals surface area contributed by atoms with Crippen molar-refractivity contribution in [1.82, 2.24) is 9.55 Å². The largest absolute Gasteiger partial charge is 0.372 e. The second kappa shape index (κ2) is 12.6. The highest BCUT2D eigenvalue weighted by atomic mass is 15.1. The summed E-state index contributed by atoms with van der Waals surface area (Å²) in [5, 5.41) is 3.80. The molecule has 36 heavy (non-hydrogen) atoms. The summed E-state index contributed by atoms with van der Waals surface area (Å²) in [6.07, 6.45) is 10.4. The van der Waals surface area contributed by atoms with Crippen LogP contribution in [0.3, 0.4) is 0 Å². The maximum Gasteiger partial charge on any atom is 0.136 e. The summed E-state index contributed by atoms with van der Waals surface area (Å²) in [6.45, 7) is 6.68. The molecule has 4 rings (SSSR count). The van der Waals surface area contributed by atoms with Crippen molar-refractivity contribution < 1.29 is 0 Å². The molecule has 3 aromatic carbocycles. The van der Waals surface area contributed by atoms with Gasteiger partial charge < -0.3 is 9.88 Å². The van der Waals surface area contributed by atoms with Crippen molar-refractivity contribution >= 4 is 5.69 Å². The van der Waals surface area contributed by atoms with Crippen LogP contribution in [-0.4, -0.2) is 9.55 Å². The molecule has 3 heteroatoms. The van der Waals surface area contributed by atoms with Crippen molar-refractivity contribution in [1.29, 1.82) is 0 Å². The van der Waals surface area contributed by atoms with Gasteiger partial charge in [0.05, 0.1) is 5.69 Å². The Morgan fingerprint density at radius 1 is 0.722 bits per heavy atom. The van der Waals surface area contributed by atoms with E-state index < -0.39 is 0 Å². The lowest BCUT2D eigenvalue weighted by atomic mass is 10.0. The van der Waals surface area contributed by atoms with Crippen molar-refractivity contribution in [2.75, 3.05) is 5.32 Å². The molecule has 1 heterocycles. The average molecular weight is 480 g/mol. The number of nitrogens with zero attached hydrogens (tertiary/aromatic N) is 2. The van der Waals surface area contributed by atoms with Gasteiger partial charge in [-0.15, -0.1) is 0 Å². The van der Waals surface area contributed by atoms with Crippen LogP contribution < -0.4 is 5.32 Å².